The maximum Gasteiger partial charge on any atom is 0.179 e. The first kappa shape index (κ1) is 41.4. The quantitative estimate of drug-likeness (QED) is 0.105. The minimum absolute atomic E-state index is 0.240. The van der Waals surface area contributed by atoms with Gasteiger partial charge in [0.2, 0.25) is 0 Å². The van der Waals surface area contributed by atoms with Crippen LogP contribution in [0.4, 0.5) is 0 Å². The van der Waals surface area contributed by atoms with Crippen molar-refractivity contribution in [1.82, 2.24) is 14.0 Å². The number of aliphatic imine (C=N–C) groups is 2. The third-order valence-corrected chi connectivity index (χ3v) is 19.0. The Hall–Kier alpha value is -8.84. The van der Waals surface area contributed by atoms with Crippen molar-refractivity contribution in [3.63, 3.8) is 0 Å². The van der Waals surface area contributed by atoms with Crippen molar-refractivity contribution in [2.75, 3.05) is 7.05 Å². The van der Waals surface area contributed by atoms with Gasteiger partial charge in [-0.25, -0.2) is 9.98 Å². The third-order valence-electron chi connectivity index (χ3n) is 14.3. The van der Waals surface area contributed by atoms with Crippen molar-refractivity contribution in [2.45, 2.75) is 6.17 Å². The monoisotopic (exact) mass is 913 g/mol. The zero-order valence-corrected chi connectivity index (χ0v) is 39.6. The van der Waals surface area contributed by atoms with E-state index in [1.54, 1.807) is 0 Å². The zero-order chi connectivity index (χ0) is 46.6. The molecule has 6 heteroatoms. The molecule has 0 N–H and O–H groups in total. The molecule has 0 saturated heterocycles. The molecule has 2 aromatic heterocycles. The average molecular weight is 914 g/mol. The molecule has 0 radical (unpaired) electrons. The second kappa shape index (κ2) is 17.0. The van der Waals surface area contributed by atoms with Gasteiger partial charge in [0.15, 0.2) is 13.9 Å². The van der Waals surface area contributed by atoms with Crippen LogP contribution in [0.2, 0.25) is 0 Å². The summed E-state index contributed by atoms with van der Waals surface area (Å²) in [6.07, 6.45) is -0.240. The summed E-state index contributed by atoms with van der Waals surface area (Å²) in [5, 5.41) is 10.3. The van der Waals surface area contributed by atoms with Crippen molar-refractivity contribution in [3.05, 3.63) is 278 Å². The van der Waals surface area contributed by atoms with Crippen LogP contribution < -0.4 is 20.7 Å². The second-order valence-electron chi connectivity index (χ2n) is 18.2. The number of nitrogens with zero attached hydrogens (tertiary/aromatic N) is 5. The predicted octanol–water partition coefficient (Wildman–Crippen LogP) is 12.1. The lowest BCUT2D eigenvalue weighted by atomic mass is 10.1. The summed E-state index contributed by atoms with van der Waals surface area (Å²) < 4.78 is 4.93. The molecule has 0 aliphatic carbocycles. The number of aromatic nitrogens is 2. The highest BCUT2D eigenvalue weighted by atomic mass is 28.3. The van der Waals surface area contributed by atoms with Crippen molar-refractivity contribution in [1.29, 1.82) is 0 Å². The molecule has 0 fully saturated rings. The summed E-state index contributed by atoms with van der Waals surface area (Å²) in [5.74, 6) is 1.59. The average Bonchev–Trinajstić information content (AvgIpc) is 3.94. The Morgan fingerprint density at radius 2 is 0.800 bits per heavy atom. The topological polar surface area (TPSA) is 37.8 Å². The Morgan fingerprint density at radius 1 is 0.357 bits per heavy atom. The molecule has 70 heavy (non-hydrogen) atoms. The van der Waals surface area contributed by atoms with Crippen LogP contribution in [0.5, 0.6) is 0 Å². The van der Waals surface area contributed by atoms with Crippen LogP contribution >= 0.6 is 0 Å². The van der Waals surface area contributed by atoms with Crippen LogP contribution in [0, 0.1) is 0 Å². The van der Waals surface area contributed by atoms with Crippen LogP contribution in [0.25, 0.3) is 55.0 Å². The number of para-hydroxylation sites is 2. The van der Waals surface area contributed by atoms with Crippen molar-refractivity contribution >= 4 is 84.1 Å². The molecular formula is C64H47N5Si. The summed E-state index contributed by atoms with van der Waals surface area (Å²) in [7, 11) is -0.705. The summed E-state index contributed by atoms with van der Waals surface area (Å²) in [6, 6.07) is 95.2. The predicted molar refractivity (Wildman–Crippen MR) is 295 cm³/mol. The molecule has 0 saturated carbocycles. The van der Waals surface area contributed by atoms with Gasteiger partial charge in [-0.05, 0) is 74.8 Å². The van der Waals surface area contributed by atoms with Crippen LogP contribution in [0.3, 0.4) is 0 Å². The Balaban J connectivity index is 1.02. The molecule has 10 aromatic carbocycles. The molecule has 0 amide bonds. The SMILES string of the molecule is CN1C(c2cccc(-n3c4ccccc4c4cc5c6ccccc6n(-c6cccc([Si](c7ccccc7)(c7ccccc7)c7ccccc7)c6)c5cc43)c2)=NC(c2ccccc2)=NC1c1ccccc1. The van der Waals surface area contributed by atoms with Crippen LogP contribution in [-0.4, -0.2) is 40.8 Å². The molecule has 0 bridgehead atoms. The summed E-state index contributed by atoms with van der Waals surface area (Å²) in [6.45, 7) is 0. The smallest absolute Gasteiger partial charge is 0.179 e. The van der Waals surface area contributed by atoms with Crippen LogP contribution in [0.15, 0.2) is 271 Å². The molecule has 12 aromatic rings. The molecule has 1 aliphatic heterocycles. The van der Waals surface area contributed by atoms with E-state index < -0.39 is 8.07 Å². The fraction of sp³-hybridized carbons (Fsp3) is 0.0312. The minimum atomic E-state index is -2.81. The summed E-state index contributed by atoms with van der Waals surface area (Å²) in [4.78, 5) is 12.7. The van der Waals surface area contributed by atoms with E-state index in [9.17, 15) is 0 Å². The van der Waals surface area contributed by atoms with E-state index in [-0.39, 0.29) is 6.17 Å². The number of hydrogen-bond donors (Lipinski definition) is 0. The summed E-state index contributed by atoms with van der Waals surface area (Å²) in [5.41, 5.74) is 9.94. The molecule has 1 unspecified atom stereocenters. The largest absolute Gasteiger partial charge is 0.333 e. The van der Waals surface area contributed by atoms with E-state index in [1.807, 2.05) is 18.2 Å². The molecular weight excluding hydrogens is 867 g/mol. The maximum atomic E-state index is 5.30. The molecule has 3 heterocycles. The van der Waals surface area contributed by atoms with Gasteiger partial charge in [-0.2, -0.15) is 0 Å². The molecule has 0 spiro atoms. The lowest BCUT2D eigenvalue weighted by Gasteiger charge is -2.34. The number of fused-ring (bicyclic) bond motifs is 6. The van der Waals surface area contributed by atoms with Gasteiger partial charge < -0.3 is 14.0 Å². The fourth-order valence-electron chi connectivity index (χ4n) is 11.2. The van der Waals surface area contributed by atoms with Crippen molar-refractivity contribution < 1.29 is 0 Å². The third kappa shape index (κ3) is 6.67. The lowest BCUT2D eigenvalue weighted by molar-refractivity contribution is 0.383. The van der Waals surface area contributed by atoms with Crippen LogP contribution in [-0.2, 0) is 0 Å². The number of amidine groups is 2. The van der Waals surface area contributed by atoms with E-state index >= 15 is 0 Å². The fourth-order valence-corrected chi connectivity index (χ4v) is 15.9. The second-order valence-corrected chi connectivity index (χ2v) is 22.0. The van der Waals surface area contributed by atoms with Crippen molar-refractivity contribution in [3.8, 4) is 11.4 Å². The zero-order valence-electron chi connectivity index (χ0n) is 38.6. The van der Waals surface area contributed by atoms with Gasteiger partial charge in [0.25, 0.3) is 0 Å². The van der Waals surface area contributed by atoms with Gasteiger partial charge in [-0.15, -0.1) is 0 Å². The molecule has 5 nitrogen and oxygen atoms in total. The minimum Gasteiger partial charge on any atom is -0.333 e. The Bertz CT molecular complexity index is 3860. The van der Waals surface area contributed by atoms with Gasteiger partial charge in [-0.3, -0.25) is 0 Å². The van der Waals surface area contributed by atoms with E-state index in [2.05, 4.69) is 264 Å². The van der Waals surface area contributed by atoms with Gasteiger partial charge >= 0.3 is 0 Å². The molecule has 1 atom stereocenters. The van der Waals surface area contributed by atoms with Crippen molar-refractivity contribution in [2.24, 2.45) is 9.98 Å². The van der Waals surface area contributed by atoms with Gasteiger partial charge in [0, 0.05) is 51.1 Å². The number of rotatable bonds is 9. The van der Waals surface area contributed by atoms with Gasteiger partial charge in [0.05, 0.1) is 22.1 Å². The number of benzene rings is 10. The van der Waals surface area contributed by atoms with Crippen LogP contribution in [0.1, 0.15) is 22.9 Å². The first-order chi connectivity index (χ1) is 34.6. The Morgan fingerprint density at radius 3 is 1.36 bits per heavy atom. The van der Waals surface area contributed by atoms with Gasteiger partial charge in [-0.1, -0.05) is 212 Å². The highest BCUT2D eigenvalue weighted by Crippen LogP contribution is 2.40. The highest BCUT2D eigenvalue weighted by Gasteiger charge is 2.41. The molecule has 1 aliphatic rings. The van der Waals surface area contributed by atoms with E-state index in [4.69, 9.17) is 9.98 Å². The first-order valence-electron chi connectivity index (χ1n) is 24.0. The summed E-state index contributed by atoms with van der Waals surface area (Å²) >= 11 is 0. The Labute approximate surface area is 408 Å². The van der Waals surface area contributed by atoms with E-state index in [1.165, 1.54) is 47.8 Å². The lowest BCUT2D eigenvalue weighted by Crippen LogP contribution is -2.74. The standard InChI is InChI=1S/C64H47N5Si/c1-67-63(46-25-9-3-10-26-46)65-62(45-23-7-2-8-24-45)66-64(67)47-27-21-28-48(41-47)68-58-39-19-17-37-54(58)56-43-57-55-38-18-20-40-59(55)69(61(57)44-60(56)68)49-29-22-36-53(42-49)70(50-30-11-4-12-31-50,51-32-13-5-14-33-51)52-34-15-6-16-35-52/h2-44,63H,1H3. The normalized spacial score (nSPS) is 14.1. The number of hydrogen-bond acceptors (Lipinski definition) is 3. The first-order valence-corrected chi connectivity index (χ1v) is 26.0. The van der Waals surface area contributed by atoms with E-state index in [0.29, 0.717) is 0 Å². The molecule has 13 rings (SSSR count). The van der Waals surface area contributed by atoms with Gasteiger partial charge in [0.1, 0.15) is 12.0 Å². The maximum absolute atomic E-state index is 5.30. The highest BCUT2D eigenvalue weighted by molar-refractivity contribution is 7.19. The Kier molecular flexibility index (Phi) is 10.1. The van der Waals surface area contributed by atoms with E-state index in [0.717, 1.165) is 56.3 Å². The molecule has 332 valence electrons.